The Morgan fingerprint density at radius 1 is 0.649 bits per heavy atom. The largest absolute Gasteiger partial charge is 0.510 e. The topological polar surface area (TPSA) is 282 Å². The zero-order chi connectivity index (χ0) is 56.0. The van der Waals surface area contributed by atoms with Gasteiger partial charge in [0.2, 0.25) is 20.0 Å². The second-order valence-corrected chi connectivity index (χ2v) is 20.5. The second kappa shape index (κ2) is 33.4. The van der Waals surface area contributed by atoms with Gasteiger partial charge >= 0.3 is 36.2 Å². The van der Waals surface area contributed by atoms with Crippen LogP contribution in [0.15, 0.2) is 90.0 Å². The summed E-state index contributed by atoms with van der Waals surface area (Å²) in [5.74, 6) is -5.33. The van der Waals surface area contributed by atoms with E-state index < -0.39 is 104 Å². The Kier molecular flexibility index (Phi) is 30.0. The molecule has 2 aliphatic rings. The summed E-state index contributed by atoms with van der Waals surface area (Å²) in [5, 5.41) is 12.6. The number of sulfonamides is 2. The van der Waals surface area contributed by atoms with Crippen molar-refractivity contribution in [2.24, 2.45) is 0 Å². The summed E-state index contributed by atoms with van der Waals surface area (Å²) < 4.78 is 118. The normalized spacial score (nSPS) is 15.5. The Labute approximate surface area is 469 Å². The van der Waals surface area contributed by atoms with E-state index in [1.54, 1.807) is 44.2 Å². The number of ether oxygens (including phenoxy) is 7. The first-order chi connectivity index (χ1) is 35.5. The van der Waals surface area contributed by atoms with E-state index in [4.69, 9.17) is 61.8 Å². The second-order valence-electron chi connectivity index (χ2n) is 15.6. The van der Waals surface area contributed by atoms with Gasteiger partial charge in [-0.1, -0.05) is 65.7 Å². The number of carbonyl (C=O) groups is 6. The number of hydrogen-bond acceptors (Lipinski definition) is 18. The number of hydrogen-bond donors (Lipinski definition) is 2. The quantitative estimate of drug-likeness (QED) is 0.0354. The molecule has 0 aromatic heterocycles. The van der Waals surface area contributed by atoms with Gasteiger partial charge < -0.3 is 50.8 Å². The number of carboxylic acid groups (broad SMARTS) is 1. The molecule has 430 valence electrons. The number of allylic oxidation sites excluding steroid dienone is 2. The summed E-state index contributed by atoms with van der Waals surface area (Å²) in [6.07, 6.45) is -0.767. The fourth-order valence-corrected chi connectivity index (χ4v) is 11.4. The Hall–Kier alpha value is -5.88. The van der Waals surface area contributed by atoms with Crippen LogP contribution in [-0.2, 0) is 99.4 Å². The maximum atomic E-state index is 13.8. The molecule has 0 amide bonds. The molecular formula is C49H59Cl2F2N2O19PdS2-. The molecule has 3 aromatic carbocycles. The minimum atomic E-state index is -4.47. The molecule has 0 saturated heterocycles. The van der Waals surface area contributed by atoms with Gasteiger partial charge in [0.15, 0.2) is 25.7 Å². The van der Waals surface area contributed by atoms with Crippen molar-refractivity contribution >= 4 is 90.8 Å². The molecule has 0 spiro atoms. The minimum Gasteiger partial charge on any atom is -0.479 e. The summed E-state index contributed by atoms with van der Waals surface area (Å²) in [4.78, 5) is 72.3. The molecule has 4 atom stereocenters. The fourth-order valence-electron chi connectivity index (χ4n) is 6.93. The van der Waals surface area contributed by atoms with E-state index in [9.17, 15) is 54.4 Å². The van der Waals surface area contributed by atoms with Crippen LogP contribution in [0.5, 0.6) is 0 Å². The third-order valence-corrected chi connectivity index (χ3v) is 15.4. The van der Waals surface area contributed by atoms with E-state index in [1.165, 1.54) is 19.1 Å². The van der Waals surface area contributed by atoms with Gasteiger partial charge in [-0.2, -0.15) is 0 Å². The molecule has 5 rings (SSSR count). The van der Waals surface area contributed by atoms with Gasteiger partial charge in [0, 0.05) is 27.5 Å². The number of aliphatic carboxylic acids is 1. The van der Waals surface area contributed by atoms with Crippen LogP contribution < -0.4 is 8.61 Å². The SMILES string of the molecule is CCOC(=O)C1=CCCCC1S(=O)(=O)N(COC(=O)O[C@@H](C)C(=O)O)c1ccc(F)cc1Cl.CCOC(=O)C1=CCCCC1S(=O)(=O)N(COC(=O)O[C@@H](C)C(=O)OCc1ccccc1)c1ccc(F)cc1Cl.CO.[CH3-].[Pd]. The Morgan fingerprint density at radius 3 is 1.43 bits per heavy atom. The molecule has 21 nitrogen and oxygen atoms in total. The third kappa shape index (κ3) is 20.1. The van der Waals surface area contributed by atoms with Crippen LogP contribution in [0.4, 0.5) is 29.7 Å². The number of carboxylic acids is 1. The van der Waals surface area contributed by atoms with Crippen molar-refractivity contribution in [1.82, 2.24) is 0 Å². The standard InChI is InChI=1S/C27H29ClFNO9S.C20H23ClFNO9S.CH4O.CH3.Pd/c1-3-36-26(32)21-11-7-8-12-24(21)40(34,35)30(23-14-13-20(29)15-22(23)28)17-38-27(33)39-18(2)25(31)37-16-19-9-5-4-6-10-19;1-3-30-19(26)14-6-4-5-7-17(14)33(28,29)23(16-9-8-13(22)10-15(16)21)11-31-20(27)32-12(2)18(24)25;1-2;;/h4-6,9-11,13-15,18,24H,3,7-8,12,16-17H2,1-2H3;6,8-10,12,17H,3-5,7,11H2,1-2H3,(H,24,25);2H,1H3;1H3;/q;;;-1;/t18-,24?;12-,17?;;;/m00.../s1. The molecule has 0 radical (unpaired) electrons. The van der Waals surface area contributed by atoms with Gasteiger partial charge in [0.1, 0.15) is 28.7 Å². The average molecular weight is 1260 g/mol. The average Bonchev–Trinajstić information content (AvgIpc) is 3.37. The third-order valence-electron chi connectivity index (χ3n) is 10.5. The molecule has 2 aliphatic carbocycles. The number of esters is 3. The molecule has 0 fully saturated rings. The van der Waals surface area contributed by atoms with Crippen molar-refractivity contribution in [2.45, 2.75) is 95.5 Å². The van der Waals surface area contributed by atoms with E-state index in [2.05, 4.69) is 4.74 Å². The minimum absolute atomic E-state index is 0. The molecule has 28 heteroatoms. The first kappa shape index (κ1) is 69.1. The van der Waals surface area contributed by atoms with Crippen molar-refractivity contribution in [1.29, 1.82) is 0 Å². The van der Waals surface area contributed by atoms with Crippen LogP contribution in [0.1, 0.15) is 71.8 Å². The number of anilines is 2. The molecule has 0 saturated carbocycles. The molecule has 3 aromatic rings. The van der Waals surface area contributed by atoms with E-state index in [-0.39, 0.29) is 93.1 Å². The molecule has 0 heterocycles. The Balaban J connectivity index is 0.000000740. The number of rotatable bonds is 20. The predicted octanol–water partition coefficient (Wildman–Crippen LogP) is 8.20. The van der Waals surface area contributed by atoms with Crippen molar-refractivity contribution in [3.05, 3.63) is 125 Å². The molecular weight excluding hydrogens is 1200 g/mol. The van der Waals surface area contributed by atoms with E-state index in [0.717, 1.165) is 56.0 Å². The Bertz CT molecular complexity index is 2780. The van der Waals surface area contributed by atoms with Crippen molar-refractivity contribution < 1.29 is 118 Å². The van der Waals surface area contributed by atoms with Gasteiger partial charge in [-0.3, -0.25) is 0 Å². The van der Waals surface area contributed by atoms with E-state index >= 15 is 0 Å². The van der Waals surface area contributed by atoms with Gasteiger partial charge in [0.25, 0.3) is 0 Å². The van der Waals surface area contributed by atoms with Crippen LogP contribution in [0, 0.1) is 19.1 Å². The maximum absolute atomic E-state index is 13.8. The van der Waals surface area contributed by atoms with Crippen LogP contribution in [0.25, 0.3) is 0 Å². The first-order valence-electron chi connectivity index (χ1n) is 22.8. The molecule has 2 N–H and O–H groups in total. The van der Waals surface area contributed by atoms with Crippen molar-refractivity contribution in [3.8, 4) is 0 Å². The zero-order valence-corrected chi connectivity index (χ0v) is 47.2. The van der Waals surface area contributed by atoms with E-state index in [1.807, 2.05) is 0 Å². The monoisotopic (exact) mass is 1260 g/mol. The summed E-state index contributed by atoms with van der Waals surface area (Å²) in [6, 6.07) is 14.7. The number of carbonyl (C=O) groups excluding carboxylic acids is 5. The molecule has 0 bridgehead atoms. The molecule has 77 heavy (non-hydrogen) atoms. The molecule has 2 unspecified atom stereocenters. The smallest absolute Gasteiger partial charge is 0.479 e. The number of aliphatic hydroxyl groups excluding tert-OH is 1. The molecule has 0 aliphatic heterocycles. The van der Waals surface area contributed by atoms with Gasteiger partial charge in [-0.25, -0.2) is 63.0 Å². The number of halogens is 4. The van der Waals surface area contributed by atoms with Gasteiger partial charge in [-0.15, -0.1) is 0 Å². The summed E-state index contributed by atoms with van der Waals surface area (Å²) in [6.45, 7) is 3.63. The summed E-state index contributed by atoms with van der Waals surface area (Å²) in [7, 11) is -7.93. The maximum Gasteiger partial charge on any atom is 0.510 e. The first-order valence-corrected chi connectivity index (χ1v) is 26.5. The van der Waals surface area contributed by atoms with Crippen LogP contribution in [0.2, 0.25) is 10.0 Å². The number of aliphatic hydroxyl groups is 1. The summed E-state index contributed by atoms with van der Waals surface area (Å²) in [5.41, 5.74) is 0.176. The fraction of sp³-hybridized carbons (Fsp3) is 0.408. The number of benzene rings is 3. The van der Waals surface area contributed by atoms with Crippen molar-refractivity contribution in [3.63, 3.8) is 0 Å². The van der Waals surface area contributed by atoms with Crippen LogP contribution in [-0.4, -0.2) is 120 Å². The van der Waals surface area contributed by atoms with E-state index in [0.29, 0.717) is 34.3 Å². The van der Waals surface area contributed by atoms with Gasteiger partial charge in [0.05, 0.1) is 45.8 Å². The summed E-state index contributed by atoms with van der Waals surface area (Å²) >= 11 is 12.2. The predicted molar refractivity (Wildman–Crippen MR) is 273 cm³/mol. The van der Waals surface area contributed by atoms with Crippen LogP contribution >= 0.6 is 23.2 Å². The zero-order valence-electron chi connectivity index (χ0n) is 42.5. The van der Waals surface area contributed by atoms with Gasteiger partial charge in [-0.05, 0) is 108 Å². The van der Waals surface area contributed by atoms with Crippen molar-refractivity contribution in [2.75, 3.05) is 42.4 Å². The number of nitrogens with zero attached hydrogens (tertiary/aromatic N) is 2. The van der Waals surface area contributed by atoms with Crippen LogP contribution in [0.3, 0.4) is 0 Å². The Morgan fingerprint density at radius 2 is 1.05 bits per heavy atom.